The molecular formula is C24H37F13O5S4. The monoisotopic (exact) mass is 780 g/mol. The van der Waals surface area contributed by atoms with Crippen molar-refractivity contribution in [2.24, 2.45) is 0 Å². The average molecular weight is 781 g/mol. The number of aliphatic hydroxyl groups is 1. The van der Waals surface area contributed by atoms with E-state index in [1.165, 1.54) is 11.8 Å². The zero-order valence-corrected chi connectivity index (χ0v) is 27.6. The maximum absolute atomic E-state index is 13.7. The highest BCUT2D eigenvalue weighted by Crippen LogP contribution is 2.60. The lowest BCUT2D eigenvalue weighted by molar-refractivity contribution is -0.439. The molecule has 1 N–H and O–H groups in total. The molecule has 0 fully saturated rings. The Hall–Kier alpha value is 0.290. The van der Waals surface area contributed by atoms with E-state index in [0.29, 0.717) is 62.9 Å². The molecule has 278 valence electrons. The highest BCUT2D eigenvalue weighted by Gasteiger charge is 2.90. The van der Waals surface area contributed by atoms with E-state index in [4.69, 9.17) is 24.1 Å². The van der Waals surface area contributed by atoms with Gasteiger partial charge in [0.25, 0.3) is 0 Å². The van der Waals surface area contributed by atoms with Crippen molar-refractivity contribution in [3.63, 3.8) is 0 Å². The number of hydrogen-bond acceptors (Lipinski definition) is 9. The average Bonchev–Trinajstić information content (AvgIpc) is 2.96. The SMILES string of the molecule is OCCOCCSCCOCCSCCOCCSCCOCCSCCC(F)(F)C(F)(F)C(F)(F)C(F)(F)C(F)(F)C(F)(F)F. The standard InChI is InChI=1S/C24H37F13O5S4/c25-19(26,20(27,28)21(29,30)22(31,32)23(33,34)24(35,36)37)1-11-43-12-5-40-6-15-45-16-9-42-10-18-46-17-8-41-7-14-44-13-4-39-3-2-38/h38H,1-18H2. The summed E-state index contributed by atoms with van der Waals surface area (Å²) >= 11 is 5.34. The fourth-order valence-electron chi connectivity index (χ4n) is 2.87. The van der Waals surface area contributed by atoms with Crippen LogP contribution in [0.15, 0.2) is 0 Å². The Bertz CT molecular complexity index is 785. The molecule has 0 aliphatic rings. The van der Waals surface area contributed by atoms with E-state index in [2.05, 4.69) is 0 Å². The molecule has 0 saturated carbocycles. The minimum Gasteiger partial charge on any atom is -0.394 e. The van der Waals surface area contributed by atoms with E-state index in [0.717, 1.165) is 23.0 Å². The van der Waals surface area contributed by atoms with Gasteiger partial charge in [-0.2, -0.15) is 104 Å². The van der Waals surface area contributed by atoms with Crippen molar-refractivity contribution >= 4 is 47.0 Å². The predicted molar refractivity (Wildman–Crippen MR) is 155 cm³/mol. The van der Waals surface area contributed by atoms with E-state index in [1.54, 1.807) is 23.5 Å². The molecule has 0 radical (unpaired) electrons. The van der Waals surface area contributed by atoms with Gasteiger partial charge in [-0.3, -0.25) is 0 Å². The number of ether oxygens (including phenoxy) is 4. The molecule has 0 rings (SSSR count). The van der Waals surface area contributed by atoms with Crippen molar-refractivity contribution in [3.05, 3.63) is 0 Å². The van der Waals surface area contributed by atoms with Crippen LogP contribution in [0.1, 0.15) is 6.42 Å². The molecule has 0 unspecified atom stereocenters. The smallest absolute Gasteiger partial charge is 0.394 e. The molecule has 0 aromatic rings. The molecule has 0 aliphatic heterocycles. The molecule has 0 bridgehead atoms. The minimum atomic E-state index is -7.87. The van der Waals surface area contributed by atoms with Gasteiger partial charge in [0.15, 0.2) is 0 Å². The molecule has 0 spiro atoms. The van der Waals surface area contributed by atoms with Gasteiger partial charge in [0.1, 0.15) is 0 Å². The van der Waals surface area contributed by atoms with Crippen molar-refractivity contribution in [1.29, 1.82) is 0 Å². The van der Waals surface area contributed by atoms with E-state index in [9.17, 15) is 57.1 Å². The summed E-state index contributed by atoms with van der Waals surface area (Å²) in [7, 11) is 0. The van der Waals surface area contributed by atoms with Gasteiger partial charge in [-0.1, -0.05) is 0 Å². The van der Waals surface area contributed by atoms with Crippen LogP contribution >= 0.6 is 47.0 Å². The number of alkyl halides is 13. The summed E-state index contributed by atoms with van der Waals surface area (Å²) in [4.78, 5) is 0. The second-order valence-corrected chi connectivity index (χ2v) is 13.8. The van der Waals surface area contributed by atoms with Crippen molar-refractivity contribution < 1.29 is 81.1 Å². The van der Waals surface area contributed by atoms with E-state index in [1.807, 2.05) is 0 Å². The van der Waals surface area contributed by atoms with Crippen LogP contribution in [-0.4, -0.2) is 146 Å². The zero-order chi connectivity index (χ0) is 35.4. The van der Waals surface area contributed by atoms with Crippen molar-refractivity contribution in [1.82, 2.24) is 0 Å². The Morgan fingerprint density at radius 3 is 0.957 bits per heavy atom. The third-order valence-electron chi connectivity index (χ3n) is 5.40. The predicted octanol–water partition coefficient (Wildman–Crippen LogP) is 7.11. The van der Waals surface area contributed by atoms with Crippen LogP contribution in [0.3, 0.4) is 0 Å². The van der Waals surface area contributed by atoms with Crippen molar-refractivity contribution in [2.45, 2.75) is 42.2 Å². The lowest BCUT2D eigenvalue weighted by Crippen LogP contribution is -2.70. The highest BCUT2D eigenvalue weighted by molar-refractivity contribution is 7.99. The molecule has 0 aliphatic carbocycles. The summed E-state index contributed by atoms with van der Waals surface area (Å²) in [6.45, 7) is 3.37. The Balaban J connectivity index is 3.88. The summed E-state index contributed by atoms with van der Waals surface area (Å²) < 4.78 is 191. The van der Waals surface area contributed by atoms with Crippen LogP contribution in [0.25, 0.3) is 0 Å². The van der Waals surface area contributed by atoms with Crippen LogP contribution < -0.4 is 0 Å². The van der Waals surface area contributed by atoms with Gasteiger partial charge in [-0.25, -0.2) is 0 Å². The molecule has 5 nitrogen and oxygen atoms in total. The fraction of sp³-hybridized carbons (Fsp3) is 1.00. The molecule has 22 heteroatoms. The van der Waals surface area contributed by atoms with E-state index in [-0.39, 0.29) is 25.6 Å². The first-order valence-electron chi connectivity index (χ1n) is 13.5. The number of thioether (sulfide) groups is 4. The Morgan fingerprint density at radius 2 is 0.652 bits per heavy atom. The molecule has 0 saturated heterocycles. The normalized spacial score (nSPS) is 14.0. The van der Waals surface area contributed by atoms with Gasteiger partial charge in [-0.15, -0.1) is 0 Å². The summed E-state index contributed by atoms with van der Waals surface area (Å²) in [6.07, 6.45) is -9.62. The Kier molecular flexibility index (Phi) is 23.0. The molecule has 0 heterocycles. The fourth-order valence-corrected chi connectivity index (χ4v) is 5.73. The number of aliphatic hydroxyl groups excluding tert-OH is 1. The molecule has 46 heavy (non-hydrogen) atoms. The van der Waals surface area contributed by atoms with Crippen molar-refractivity contribution in [3.8, 4) is 0 Å². The minimum absolute atomic E-state index is 0.0126. The van der Waals surface area contributed by atoms with Gasteiger partial charge in [-0.05, 0) is 5.75 Å². The first kappa shape index (κ1) is 46.3. The van der Waals surface area contributed by atoms with Gasteiger partial charge >= 0.3 is 35.8 Å². The molecular weight excluding hydrogens is 744 g/mol. The van der Waals surface area contributed by atoms with Crippen LogP contribution in [0.4, 0.5) is 57.1 Å². The Morgan fingerprint density at radius 1 is 0.370 bits per heavy atom. The first-order chi connectivity index (χ1) is 21.3. The lowest BCUT2D eigenvalue weighted by atomic mass is 9.93. The van der Waals surface area contributed by atoms with Crippen LogP contribution in [-0.2, 0) is 18.9 Å². The maximum atomic E-state index is 13.7. The maximum Gasteiger partial charge on any atom is 0.460 e. The van der Waals surface area contributed by atoms with Gasteiger partial charge < -0.3 is 24.1 Å². The summed E-state index contributed by atoms with van der Waals surface area (Å²) in [5, 5.41) is 8.58. The largest absolute Gasteiger partial charge is 0.460 e. The highest BCUT2D eigenvalue weighted by atomic mass is 32.2. The third kappa shape index (κ3) is 15.5. The van der Waals surface area contributed by atoms with Gasteiger partial charge in [0, 0.05) is 46.7 Å². The van der Waals surface area contributed by atoms with Gasteiger partial charge in [0.2, 0.25) is 0 Å². The van der Waals surface area contributed by atoms with Crippen LogP contribution in [0.2, 0.25) is 0 Å². The third-order valence-corrected chi connectivity index (χ3v) is 9.08. The summed E-state index contributed by atoms with van der Waals surface area (Å²) in [5.41, 5.74) is 0. The Labute approximate surface area is 275 Å². The summed E-state index contributed by atoms with van der Waals surface area (Å²) in [6, 6.07) is 0. The summed E-state index contributed by atoms with van der Waals surface area (Å²) in [5.74, 6) is -33.3. The quantitative estimate of drug-likeness (QED) is 0.0608. The second kappa shape index (κ2) is 22.9. The zero-order valence-electron chi connectivity index (χ0n) is 24.4. The van der Waals surface area contributed by atoms with Crippen LogP contribution in [0.5, 0.6) is 0 Å². The lowest BCUT2D eigenvalue weighted by Gasteiger charge is -2.39. The number of hydrogen-bond donors (Lipinski definition) is 1. The van der Waals surface area contributed by atoms with Crippen LogP contribution in [0, 0.1) is 0 Å². The van der Waals surface area contributed by atoms with Gasteiger partial charge in [0.05, 0.1) is 59.5 Å². The molecule has 0 aromatic carbocycles. The number of rotatable bonds is 30. The first-order valence-corrected chi connectivity index (χ1v) is 18.1. The second-order valence-electron chi connectivity index (χ2n) is 8.87. The molecule has 0 atom stereocenters. The molecule has 0 aromatic heterocycles. The van der Waals surface area contributed by atoms with Crippen molar-refractivity contribution in [2.75, 3.05) is 105 Å². The number of halogens is 13. The van der Waals surface area contributed by atoms with E-state index < -0.39 is 48.0 Å². The topological polar surface area (TPSA) is 57.2 Å². The molecule has 0 amide bonds. The van der Waals surface area contributed by atoms with E-state index >= 15 is 0 Å².